The average Bonchev–Trinajstić information content (AvgIpc) is 2.84. The van der Waals surface area contributed by atoms with E-state index >= 15 is 0 Å². The summed E-state index contributed by atoms with van der Waals surface area (Å²) < 4.78 is 26.8. The maximum Gasteiger partial charge on any atom is 0.145 e. The second-order valence-corrected chi connectivity index (χ2v) is 4.32. The number of fused-ring (bicyclic) bond motifs is 1. The fraction of sp³-hybridized carbons (Fsp3) is 0.0714. The third kappa shape index (κ3) is 1.80. The molecule has 0 saturated heterocycles. The van der Waals surface area contributed by atoms with Gasteiger partial charge in [-0.2, -0.15) is 5.26 Å². The van der Waals surface area contributed by atoms with Crippen molar-refractivity contribution in [1.82, 2.24) is 15.0 Å². The van der Waals surface area contributed by atoms with Crippen LogP contribution in [0.3, 0.4) is 0 Å². The third-order valence-electron chi connectivity index (χ3n) is 3.02. The molecule has 0 bridgehead atoms. The number of nitrogens with zero attached hydrogens (tertiary/aromatic N) is 3. The van der Waals surface area contributed by atoms with Crippen LogP contribution >= 0.6 is 0 Å². The van der Waals surface area contributed by atoms with Gasteiger partial charge in [0.15, 0.2) is 0 Å². The van der Waals surface area contributed by atoms with E-state index in [1.165, 1.54) is 13.0 Å². The van der Waals surface area contributed by atoms with Gasteiger partial charge in [-0.25, -0.2) is 18.7 Å². The van der Waals surface area contributed by atoms with E-state index in [9.17, 15) is 8.78 Å². The summed E-state index contributed by atoms with van der Waals surface area (Å²) in [6.07, 6.45) is 2.68. The number of H-pyrrole nitrogens is 1. The Morgan fingerprint density at radius 1 is 1.30 bits per heavy atom. The Morgan fingerprint density at radius 2 is 2.10 bits per heavy atom. The molecule has 0 amide bonds. The number of nitrogens with one attached hydrogen (secondary N) is 1. The van der Waals surface area contributed by atoms with Crippen LogP contribution in [0, 0.1) is 29.9 Å². The zero-order valence-corrected chi connectivity index (χ0v) is 10.4. The number of hydrogen-bond acceptors (Lipinski definition) is 3. The molecule has 3 heterocycles. The summed E-state index contributed by atoms with van der Waals surface area (Å²) in [5.41, 5.74) is 1.58. The summed E-state index contributed by atoms with van der Waals surface area (Å²) in [4.78, 5) is 10.9. The first-order valence-corrected chi connectivity index (χ1v) is 5.80. The number of aryl methyl sites for hydroxylation is 1. The fourth-order valence-corrected chi connectivity index (χ4v) is 2.05. The van der Waals surface area contributed by atoms with E-state index in [-0.39, 0.29) is 11.3 Å². The van der Waals surface area contributed by atoms with E-state index < -0.39 is 11.6 Å². The van der Waals surface area contributed by atoms with E-state index in [0.29, 0.717) is 22.3 Å². The molecule has 3 rings (SSSR count). The molecule has 3 aromatic heterocycles. The topological polar surface area (TPSA) is 65.4 Å². The molecule has 0 saturated carbocycles. The summed E-state index contributed by atoms with van der Waals surface area (Å²) >= 11 is 0. The number of pyridine rings is 2. The average molecular weight is 270 g/mol. The van der Waals surface area contributed by atoms with Gasteiger partial charge in [0, 0.05) is 17.1 Å². The van der Waals surface area contributed by atoms with Crippen LogP contribution in [0.2, 0.25) is 0 Å². The highest BCUT2D eigenvalue weighted by molar-refractivity contribution is 5.93. The number of aromatic nitrogens is 3. The summed E-state index contributed by atoms with van der Waals surface area (Å²) in [5, 5.41) is 9.60. The van der Waals surface area contributed by atoms with Gasteiger partial charge >= 0.3 is 0 Å². The van der Waals surface area contributed by atoms with Gasteiger partial charge in [-0.05, 0) is 19.1 Å². The molecule has 3 aromatic rings. The van der Waals surface area contributed by atoms with E-state index in [2.05, 4.69) is 15.0 Å². The normalized spacial score (nSPS) is 10.7. The first kappa shape index (κ1) is 12.2. The molecule has 4 nitrogen and oxygen atoms in total. The van der Waals surface area contributed by atoms with Crippen molar-refractivity contribution in [2.24, 2.45) is 0 Å². The van der Waals surface area contributed by atoms with Gasteiger partial charge in [-0.1, -0.05) is 0 Å². The highest BCUT2D eigenvalue weighted by Gasteiger charge is 2.15. The molecule has 0 radical (unpaired) electrons. The minimum Gasteiger partial charge on any atom is -0.345 e. The smallest absolute Gasteiger partial charge is 0.145 e. The van der Waals surface area contributed by atoms with E-state index in [4.69, 9.17) is 5.26 Å². The van der Waals surface area contributed by atoms with Crippen LogP contribution in [-0.2, 0) is 0 Å². The van der Waals surface area contributed by atoms with Crippen LogP contribution in [0.5, 0.6) is 0 Å². The monoisotopic (exact) mass is 270 g/mol. The molecule has 0 aliphatic carbocycles. The Morgan fingerprint density at radius 3 is 2.85 bits per heavy atom. The van der Waals surface area contributed by atoms with Crippen molar-refractivity contribution in [3.05, 3.63) is 47.4 Å². The molecule has 0 aliphatic heterocycles. The van der Waals surface area contributed by atoms with Crippen LogP contribution in [0.1, 0.15) is 11.3 Å². The largest absolute Gasteiger partial charge is 0.345 e. The first-order valence-electron chi connectivity index (χ1n) is 5.80. The van der Waals surface area contributed by atoms with Crippen molar-refractivity contribution < 1.29 is 8.78 Å². The zero-order chi connectivity index (χ0) is 14.3. The Bertz CT molecular complexity index is 861. The Kier molecular flexibility index (Phi) is 2.68. The minimum absolute atomic E-state index is 0.0956. The van der Waals surface area contributed by atoms with Crippen LogP contribution in [-0.4, -0.2) is 15.0 Å². The quantitative estimate of drug-likeness (QED) is 0.739. The zero-order valence-electron chi connectivity index (χ0n) is 10.4. The Balaban J connectivity index is 2.34. The van der Waals surface area contributed by atoms with Gasteiger partial charge in [-0.15, -0.1) is 0 Å². The molecule has 0 atom stereocenters. The van der Waals surface area contributed by atoms with Gasteiger partial charge in [0.05, 0.1) is 23.1 Å². The number of hydrogen-bond donors (Lipinski definition) is 1. The second-order valence-electron chi connectivity index (χ2n) is 4.32. The summed E-state index contributed by atoms with van der Waals surface area (Å²) in [7, 11) is 0. The highest BCUT2D eigenvalue weighted by Crippen LogP contribution is 2.29. The van der Waals surface area contributed by atoms with Gasteiger partial charge in [0.25, 0.3) is 0 Å². The predicted octanol–water partition coefficient (Wildman–Crippen LogP) is 3.08. The molecular weight excluding hydrogens is 262 g/mol. The lowest BCUT2D eigenvalue weighted by atomic mass is 10.1. The van der Waals surface area contributed by atoms with Crippen molar-refractivity contribution in [2.75, 3.05) is 0 Å². The van der Waals surface area contributed by atoms with E-state index in [1.807, 2.05) is 6.07 Å². The molecule has 20 heavy (non-hydrogen) atoms. The molecule has 0 aromatic carbocycles. The van der Waals surface area contributed by atoms with E-state index in [1.54, 1.807) is 6.20 Å². The lowest BCUT2D eigenvalue weighted by Crippen LogP contribution is -1.95. The van der Waals surface area contributed by atoms with Crippen LogP contribution in [0.25, 0.3) is 22.3 Å². The van der Waals surface area contributed by atoms with Crippen molar-refractivity contribution in [3.8, 4) is 17.3 Å². The van der Waals surface area contributed by atoms with Crippen LogP contribution in [0.4, 0.5) is 8.78 Å². The van der Waals surface area contributed by atoms with Gasteiger partial charge < -0.3 is 4.98 Å². The summed E-state index contributed by atoms with van der Waals surface area (Å²) in [6.45, 7) is 1.51. The summed E-state index contributed by atoms with van der Waals surface area (Å²) in [6, 6.07) is 4.33. The van der Waals surface area contributed by atoms with Gasteiger partial charge in [0.1, 0.15) is 23.4 Å². The molecule has 0 spiro atoms. The van der Waals surface area contributed by atoms with Crippen molar-refractivity contribution in [2.45, 2.75) is 6.92 Å². The Labute approximate surface area is 112 Å². The van der Waals surface area contributed by atoms with Gasteiger partial charge in [0.2, 0.25) is 0 Å². The minimum atomic E-state index is -0.547. The molecule has 0 fully saturated rings. The Hall–Kier alpha value is -2.81. The molecular formula is C14H8F2N4. The van der Waals surface area contributed by atoms with Crippen molar-refractivity contribution in [1.29, 1.82) is 5.26 Å². The first-order chi connectivity index (χ1) is 9.60. The molecule has 6 heteroatoms. The number of rotatable bonds is 1. The lowest BCUT2D eigenvalue weighted by Gasteiger charge is -2.04. The maximum atomic E-state index is 13.5. The van der Waals surface area contributed by atoms with Crippen molar-refractivity contribution >= 4 is 11.0 Å². The molecule has 98 valence electrons. The predicted molar refractivity (Wildman–Crippen MR) is 68.7 cm³/mol. The standard InChI is InChI=1S/C14H8F2N4/c1-7-12(16)2-8(4-17)13(20-7)11-6-19-14-10(11)3-9(15)5-18-14/h2-3,5-6H,1H3,(H,18,19). The summed E-state index contributed by atoms with van der Waals surface area (Å²) in [5.74, 6) is -1.04. The van der Waals surface area contributed by atoms with E-state index in [0.717, 1.165) is 12.3 Å². The van der Waals surface area contributed by atoms with Crippen molar-refractivity contribution in [3.63, 3.8) is 0 Å². The lowest BCUT2D eigenvalue weighted by molar-refractivity contribution is 0.609. The van der Waals surface area contributed by atoms with Crippen LogP contribution < -0.4 is 0 Å². The SMILES string of the molecule is Cc1nc(-c2c[nH]c3ncc(F)cc23)c(C#N)cc1F. The van der Waals surface area contributed by atoms with Crippen LogP contribution in [0.15, 0.2) is 24.5 Å². The maximum absolute atomic E-state index is 13.5. The molecule has 0 unspecified atom stereocenters. The third-order valence-corrected chi connectivity index (χ3v) is 3.02. The molecule has 1 N–H and O–H groups in total. The number of nitriles is 1. The number of aromatic amines is 1. The fourth-order valence-electron chi connectivity index (χ4n) is 2.05. The number of halogens is 2. The second kappa shape index (κ2) is 4.38. The van der Waals surface area contributed by atoms with Gasteiger partial charge in [-0.3, -0.25) is 0 Å². The molecule has 0 aliphatic rings. The highest BCUT2D eigenvalue weighted by atomic mass is 19.1.